The van der Waals surface area contributed by atoms with E-state index in [1.165, 1.54) is 9.13 Å². The van der Waals surface area contributed by atoms with Gasteiger partial charge in [-0.25, -0.2) is 4.98 Å². The van der Waals surface area contributed by atoms with Crippen LogP contribution in [0.15, 0.2) is 42.5 Å². The van der Waals surface area contributed by atoms with Crippen molar-refractivity contribution in [3.63, 3.8) is 0 Å². The summed E-state index contributed by atoms with van der Waals surface area (Å²) in [5.41, 5.74) is 4.41. The Morgan fingerprint density at radius 1 is 1.15 bits per heavy atom. The van der Waals surface area contributed by atoms with E-state index >= 15 is 0 Å². The van der Waals surface area contributed by atoms with Gasteiger partial charge in [-0.05, 0) is 78.4 Å². The van der Waals surface area contributed by atoms with E-state index < -0.39 is 0 Å². The summed E-state index contributed by atoms with van der Waals surface area (Å²) in [6, 6.07) is 14.7. The van der Waals surface area contributed by atoms with Crippen LogP contribution in [0.5, 0.6) is 0 Å². The number of aryl methyl sites for hydroxylation is 1. The number of nitrogens with zero attached hydrogens (tertiary/aromatic N) is 2. The molecule has 102 valence electrons. The molecule has 0 spiro atoms. The van der Waals surface area contributed by atoms with Gasteiger partial charge in [0.2, 0.25) is 0 Å². The van der Waals surface area contributed by atoms with Gasteiger partial charge in [0.05, 0.1) is 16.4 Å². The standard InChI is InChI=1S/C16H14ClIN2/c1-10-3-8-14-15(9-10)20(16(19-14)11(2)17)13-6-4-12(18)5-7-13/h3-9,11H,1-2H3. The van der Waals surface area contributed by atoms with Crippen LogP contribution in [0.2, 0.25) is 0 Å². The zero-order valence-electron chi connectivity index (χ0n) is 11.3. The maximum atomic E-state index is 6.32. The molecule has 0 N–H and O–H groups in total. The minimum Gasteiger partial charge on any atom is -0.295 e. The lowest BCUT2D eigenvalue weighted by atomic mass is 10.2. The van der Waals surface area contributed by atoms with Gasteiger partial charge in [0, 0.05) is 9.26 Å². The summed E-state index contributed by atoms with van der Waals surface area (Å²) in [6.07, 6.45) is 0. The van der Waals surface area contributed by atoms with Crippen molar-refractivity contribution in [3.8, 4) is 5.69 Å². The van der Waals surface area contributed by atoms with Gasteiger partial charge in [-0.2, -0.15) is 0 Å². The Labute approximate surface area is 136 Å². The first-order valence-electron chi connectivity index (χ1n) is 6.45. The number of aromatic nitrogens is 2. The number of imidazole rings is 1. The lowest BCUT2D eigenvalue weighted by Gasteiger charge is -2.11. The van der Waals surface area contributed by atoms with Crippen molar-refractivity contribution in [2.45, 2.75) is 19.2 Å². The summed E-state index contributed by atoms with van der Waals surface area (Å²) in [7, 11) is 0. The molecule has 1 aromatic heterocycles. The van der Waals surface area contributed by atoms with E-state index in [4.69, 9.17) is 11.6 Å². The van der Waals surface area contributed by atoms with Gasteiger partial charge in [-0.15, -0.1) is 11.6 Å². The fraction of sp³-hybridized carbons (Fsp3) is 0.188. The van der Waals surface area contributed by atoms with Crippen molar-refractivity contribution >= 4 is 45.2 Å². The molecule has 0 aliphatic carbocycles. The smallest absolute Gasteiger partial charge is 0.132 e. The second-order valence-corrected chi connectivity index (χ2v) is 6.79. The lowest BCUT2D eigenvalue weighted by molar-refractivity contribution is 0.882. The highest BCUT2D eigenvalue weighted by Gasteiger charge is 2.16. The highest BCUT2D eigenvalue weighted by atomic mass is 127. The molecule has 0 fully saturated rings. The average molecular weight is 397 g/mol. The van der Waals surface area contributed by atoms with Gasteiger partial charge >= 0.3 is 0 Å². The topological polar surface area (TPSA) is 17.8 Å². The Kier molecular flexibility index (Phi) is 3.73. The third-order valence-electron chi connectivity index (χ3n) is 3.28. The molecule has 1 heterocycles. The van der Waals surface area contributed by atoms with Crippen molar-refractivity contribution in [2.24, 2.45) is 0 Å². The van der Waals surface area contributed by atoms with Crippen LogP contribution in [0.3, 0.4) is 0 Å². The van der Waals surface area contributed by atoms with E-state index in [1.807, 2.05) is 6.92 Å². The number of benzene rings is 2. The van der Waals surface area contributed by atoms with Crippen LogP contribution < -0.4 is 0 Å². The Bertz CT molecular complexity index is 760. The van der Waals surface area contributed by atoms with Crippen LogP contribution in [-0.2, 0) is 0 Å². The highest BCUT2D eigenvalue weighted by molar-refractivity contribution is 14.1. The van der Waals surface area contributed by atoms with Crippen LogP contribution in [0.4, 0.5) is 0 Å². The lowest BCUT2D eigenvalue weighted by Crippen LogP contribution is -2.01. The molecule has 0 saturated heterocycles. The average Bonchev–Trinajstić information content (AvgIpc) is 2.78. The Balaban J connectivity index is 2.33. The van der Waals surface area contributed by atoms with Crippen molar-refractivity contribution in [2.75, 3.05) is 0 Å². The minimum absolute atomic E-state index is 0.137. The van der Waals surface area contributed by atoms with Gasteiger partial charge in [0.1, 0.15) is 5.82 Å². The second kappa shape index (κ2) is 5.37. The first-order chi connectivity index (χ1) is 9.56. The SMILES string of the molecule is Cc1ccc2nc(C(C)Cl)n(-c3ccc(I)cc3)c2c1. The molecule has 3 aromatic rings. The van der Waals surface area contributed by atoms with Crippen molar-refractivity contribution in [1.29, 1.82) is 0 Å². The maximum Gasteiger partial charge on any atom is 0.132 e. The van der Waals surface area contributed by atoms with Crippen LogP contribution >= 0.6 is 34.2 Å². The fourth-order valence-electron chi connectivity index (χ4n) is 2.33. The predicted molar refractivity (Wildman–Crippen MR) is 92.8 cm³/mol. The Hall–Kier alpha value is -1.07. The molecule has 1 unspecified atom stereocenters. The zero-order chi connectivity index (χ0) is 14.3. The summed E-state index contributed by atoms with van der Waals surface area (Å²) in [6.45, 7) is 4.05. The summed E-state index contributed by atoms with van der Waals surface area (Å²) in [5, 5.41) is -0.137. The number of halogens is 2. The van der Waals surface area contributed by atoms with Crippen LogP contribution in [-0.4, -0.2) is 9.55 Å². The molecule has 0 amide bonds. The van der Waals surface area contributed by atoms with E-state index in [9.17, 15) is 0 Å². The van der Waals surface area contributed by atoms with Crippen molar-refractivity contribution in [1.82, 2.24) is 9.55 Å². The molecule has 0 bridgehead atoms. The molecule has 0 aliphatic rings. The van der Waals surface area contributed by atoms with Gasteiger partial charge in [-0.3, -0.25) is 4.57 Å². The van der Waals surface area contributed by atoms with E-state index in [1.54, 1.807) is 0 Å². The number of hydrogen-bond acceptors (Lipinski definition) is 1. The predicted octanol–water partition coefficient (Wildman–Crippen LogP) is 5.24. The minimum atomic E-state index is -0.137. The largest absolute Gasteiger partial charge is 0.295 e. The van der Waals surface area contributed by atoms with Crippen LogP contribution in [0.25, 0.3) is 16.7 Å². The van der Waals surface area contributed by atoms with Crippen LogP contribution in [0, 0.1) is 10.5 Å². The summed E-state index contributed by atoms with van der Waals surface area (Å²) >= 11 is 8.62. The monoisotopic (exact) mass is 396 g/mol. The molecule has 20 heavy (non-hydrogen) atoms. The summed E-state index contributed by atoms with van der Waals surface area (Å²) < 4.78 is 3.36. The highest BCUT2D eigenvalue weighted by Crippen LogP contribution is 2.28. The fourth-order valence-corrected chi connectivity index (χ4v) is 2.84. The van der Waals surface area contributed by atoms with Gasteiger partial charge in [0.15, 0.2) is 0 Å². The second-order valence-electron chi connectivity index (χ2n) is 4.89. The Morgan fingerprint density at radius 2 is 1.85 bits per heavy atom. The van der Waals surface area contributed by atoms with Gasteiger partial charge < -0.3 is 0 Å². The first kappa shape index (κ1) is 13.9. The van der Waals surface area contributed by atoms with Gasteiger partial charge in [-0.1, -0.05) is 6.07 Å². The molecule has 3 rings (SSSR count). The van der Waals surface area contributed by atoms with Crippen molar-refractivity contribution in [3.05, 3.63) is 57.4 Å². The van der Waals surface area contributed by atoms with Gasteiger partial charge in [0.25, 0.3) is 0 Å². The maximum absolute atomic E-state index is 6.32. The molecular formula is C16H14ClIN2. The normalized spacial score (nSPS) is 12.8. The third-order valence-corrected chi connectivity index (χ3v) is 4.19. The first-order valence-corrected chi connectivity index (χ1v) is 7.97. The Morgan fingerprint density at radius 3 is 2.50 bits per heavy atom. The zero-order valence-corrected chi connectivity index (χ0v) is 14.2. The van der Waals surface area contributed by atoms with E-state index in [0.717, 1.165) is 22.5 Å². The molecular weight excluding hydrogens is 383 g/mol. The molecule has 2 nitrogen and oxygen atoms in total. The molecule has 0 aliphatic heterocycles. The summed E-state index contributed by atoms with van der Waals surface area (Å²) in [4.78, 5) is 4.68. The molecule has 0 saturated carbocycles. The molecule has 1 atom stereocenters. The third kappa shape index (κ3) is 2.44. The van der Waals surface area contributed by atoms with Crippen LogP contribution in [0.1, 0.15) is 23.7 Å². The number of alkyl halides is 1. The summed E-state index contributed by atoms with van der Waals surface area (Å²) in [5.74, 6) is 0.883. The molecule has 0 radical (unpaired) electrons. The number of fused-ring (bicyclic) bond motifs is 1. The molecule has 2 aromatic carbocycles. The number of rotatable bonds is 2. The van der Waals surface area contributed by atoms with E-state index in [0.29, 0.717) is 0 Å². The van der Waals surface area contributed by atoms with Crippen molar-refractivity contribution < 1.29 is 0 Å². The molecule has 4 heteroatoms. The van der Waals surface area contributed by atoms with E-state index in [-0.39, 0.29) is 5.38 Å². The van der Waals surface area contributed by atoms with E-state index in [2.05, 4.69) is 81.5 Å². The number of hydrogen-bond donors (Lipinski definition) is 0. The quantitative estimate of drug-likeness (QED) is 0.428.